The summed E-state index contributed by atoms with van der Waals surface area (Å²) in [6.45, 7) is 1.52. The molecule has 0 amide bonds. The van der Waals surface area contributed by atoms with Crippen molar-refractivity contribution in [2.75, 3.05) is 18.5 Å². The average Bonchev–Trinajstić information content (AvgIpc) is 3.13. The van der Waals surface area contributed by atoms with Gasteiger partial charge in [-0.3, -0.25) is 4.79 Å². The normalized spacial score (nSPS) is 22.7. The Morgan fingerprint density at radius 3 is 2.96 bits per heavy atom. The fourth-order valence-corrected chi connectivity index (χ4v) is 3.86. The van der Waals surface area contributed by atoms with Gasteiger partial charge in [-0.15, -0.1) is 0 Å². The molecule has 130 valence electrons. The van der Waals surface area contributed by atoms with Crippen LogP contribution in [0.2, 0.25) is 5.02 Å². The summed E-state index contributed by atoms with van der Waals surface area (Å²) < 4.78 is 5.61. The van der Waals surface area contributed by atoms with E-state index in [-0.39, 0.29) is 17.8 Å². The Morgan fingerprint density at radius 2 is 2.16 bits per heavy atom. The summed E-state index contributed by atoms with van der Waals surface area (Å²) in [5, 5.41) is 3.94. The van der Waals surface area contributed by atoms with E-state index in [0.29, 0.717) is 35.9 Å². The van der Waals surface area contributed by atoms with Crippen LogP contribution in [0.25, 0.3) is 0 Å². The maximum absolute atomic E-state index is 12.5. The van der Waals surface area contributed by atoms with Crippen molar-refractivity contribution in [3.05, 3.63) is 52.3 Å². The lowest BCUT2D eigenvalue weighted by molar-refractivity contribution is 0.0962. The molecule has 2 aliphatic rings. The minimum absolute atomic E-state index is 0.0645. The first-order chi connectivity index (χ1) is 12.2. The third kappa shape index (κ3) is 3.53. The molecule has 1 saturated heterocycles. The van der Waals surface area contributed by atoms with Crippen molar-refractivity contribution in [2.45, 2.75) is 37.7 Å². The predicted octanol–water partition coefficient (Wildman–Crippen LogP) is 3.63. The number of rotatable bonds is 4. The van der Waals surface area contributed by atoms with Gasteiger partial charge < -0.3 is 10.1 Å². The quantitative estimate of drug-likeness (QED) is 0.905. The van der Waals surface area contributed by atoms with Crippen molar-refractivity contribution < 1.29 is 9.53 Å². The van der Waals surface area contributed by atoms with Gasteiger partial charge in [0.15, 0.2) is 5.78 Å². The van der Waals surface area contributed by atoms with Crippen molar-refractivity contribution in [3.63, 3.8) is 0 Å². The molecule has 2 atom stereocenters. The summed E-state index contributed by atoms with van der Waals surface area (Å²) in [7, 11) is 0. The highest BCUT2D eigenvalue weighted by atomic mass is 35.5. The van der Waals surface area contributed by atoms with Crippen LogP contribution in [0.3, 0.4) is 0 Å². The maximum Gasteiger partial charge on any atom is 0.222 e. The molecule has 0 radical (unpaired) electrons. The van der Waals surface area contributed by atoms with Gasteiger partial charge in [0.25, 0.3) is 0 Å². The topological polar surface area (TPSA) is 64.1 Å². The van der Waals surface area contributed by atoms with Crippen molar-refractivity contribution >= 4 is 23.3 Å². The average molecular weight is 358 g/mol. The molecule has 2 heterocycles. The molecule has 5 nitrogen and oxygen atoms in total. The molecule has 1 aliphatic heterocycles. The van der Waals surface area contributed by atoms with E-state index < -0.39 is 0 Å². The number of benzene rings is 1. The van der Waals surface area contributed by atoms with E-state index in [1.807, 2.05) is 24.3 Å². The van der Waals surface area contributed by atoms with E-state index in [1.165, 1.54) is 0 Å². The monoisotopic (exact) mass is 357 g/mol. The third-order valence-electron chi connectivity index (χ3n) is 4.90. The lowest BCUT2D eigenvalue weighted by atomic mass is 9.82. The second-order valence-corrected chi connectivity index (χ2v) is 7.03. The summed E-state index contributed by atoms with van der Waals surface area (Å²) in [5.74, 6) is 0.702. The van der Waals surface area contributed by atoms with Crippen LogP contribution in [-0.4, -0.2) is 35.0 Å². The van der Waals surface area contributed by atoms with Crippen LogP contribution in [0.4, 0.5) is 5.95 Å². The lowest BCUT2D eigenvalue weighted by Gasteiger charge is -2.24. The Balaban J connectivity index is 1.53. The summed E-state index contributed by atoms with van der Waals surface area (Å²) in [6.07, 6.45) is 5.17. The van der Waals surface area contributed by atoms with E-state index in [9.17, 15) is 4.79 Å². The number of ether oxygens (including phenoxy) is 1. The number of carbonyl (C=O) groups is 1. The number of ketones is 1. The van der Waals surface area contributed by atoms with E-state index >= 15 is 0 Å². The van der Waals surface area contributed by atoms with Crippen LogP contribution in [0.5, 0.6) is 0 Å². The number of hydrogen-bond acceptors (Lipinski definition) is 5. The van der Waals surface area contributed by atoms with Crippen LogP contribution in [0.15, 0.2) is 30.5 Å². The van der Waals surface area contributed by atoms with Crippen LogP contribution in [-0.2, 0) is 11.2 Å². The molecule has 2 aromatic rings. The lowest BCUT2D eigenvalue weighted by Crippen LogP contribution is -2.23. The van der Waals surface area contributed by atoms with Crippen LogP contribution in [0.1, 0.15) is 46.8 Å². The Bertz CT molecular complexity index is 790. The Labute approximate surface area is 151 Å². The molecular weight excluding hydrogens is 338 g/mol. The van der Waals surface area contributed by atoms with E-state index in [4.69, 9.17) is 16.3 Å². The van der Waals surface area contributed by atoms with Gasteiger partial charge in [0.05, 0.1) is 17.4 Å². The van der Waals surface area contributed by atoms with Gasteiger partial charge in [-0.05, 0) is 36.8 Å². The first kappa shape index (κ1) is 16.5. The molecule has 1 fully saturated rings. The number of nitrogens with one attached hydrogen (secondary N) is 1. The van der Waals surface area contributed by atoms with Crippen molar-refractivity contribution in [2.24, 2.45) is 0 Å². The zero-order valence-electron chi connectivity index (χ0n) is 13.9. The largest absolute Gasteiger partial charge is 0.376 e. The van der Waals surface area contributed by atoms with Gasteiger partial charge in [0.1, 0.15) is 0 Å². The molecule has 6 heteroatoms. The number of halogens is 1. The molecule has 0 spiro atoms. The number of hydrogen-bond donors (Lipinski definition) is 1. The SMILES string of the molecule is O=C1C[C@@H](c2ccccc2Cl)Cc2nc(NC[C@H]3CCCO3)ncc21. The summed E-state index contributed by atoms with van der Waals surface area (Å²) >= 11 is 6.32. The molecule has 1 N–H and O–H groups in total. The van der Waals surface area contributed by atoms with E-state index in [1.54, 1.807) is 6.20 Å². The third-order valence-corrected chi connectivity index (χ3v) is 5.24. The number of carbonyl (C=O) groups excluding carboxylic acids is 1. The first-order valence-electron chi connectivity index (χ1n) is 8.69. The Kier molecular flexibility index (Phi) is 4.68. The van der Waals surface area contributed by atoms with Gasteiger partial charge in [0.2, 0.25) is 5.95 Å². The number of nitrogens with zero attached hydrogens (tertiary/aromatic N) is 2. The molecule has 1 aliphatic carbocycles. The fraction of sp³-hybridized carbons (Fsp3) is 0.421. The summed E-state index contributed by atoms with van der Waals surface area (Å²) in [5.41, 5.74) is 2.44. The zero-order chi connectivity index (χ0) is 17.2. The molecular formula is C19H20ClN3O2. The molecule has 25 heavy (non-hydrogen) atoms. The molecule has 1 aromatic heterocycles. The van der Waals surface area contributed by atoms with Crippen LogP contribution in [0, 0.1) is 0 Å². The van der Waals surface area contributed by atoms with Gasteiger partial charge in [0, 0.05) is 30.8 Å². The number of Topliss-reactive ketones (excluding diaryl/α,β-unsaturated/α-hetero) is 1. The Morgan fingerprint density at radius 1 is 1.28 bits per heavy atom. The van der Waals surface area contributed by atoms with Gasteiger partial charge in [-0.1, -0.05) is 29.8 Å². The van der Waals surface area contributed by atoms with Gasteiger partial charge in [-0.25, -0.2) is 9.97 Å². The smallest absolute Gasteiger partial charge is 0.222 e. The van der Waals surface area contributed by atoms with Crippen molar-refractivity contribution in [3.8, 4) is 0 Å². The van der Waals surface area contributed by atoms with E-state index in [2.05, 4.69) is 15.3 Å². The molecule has 0 bridgehead atoms. The van der Waals surface area contributed by atoms with Crippen LogP contribution >= 0.6 is 11.6 Å². The highest BCUT2D eigenvalue weighted by molar-refractivity contribution is 6.31. The molecule has 0 unspecified atom stereocenters. The van der Waals surface area contributed by atoms with Gasteiger partial charge >= 0.3 is 0 Å². The maximum atomic E-state index is 12.5. The predicted molar refractivity (Wildman–Crippen MR) is 96.3 cm³/mol. The minimum Gasteiger partial charge on any atom is -0.376 e. The Hall–Kier alpha value is -1.98. The standard InChI is InChI=1S/C19H20ClN3O2/c20-16-6-2-1-5-14(16)12-8-17-15(18(24)9-12)11-22-19(23-17)21-10-13-4-3-7-25-13/h1-2,5-6,11-13H,3-4,7-10H2,(H,21,22,23)/t12-,13+/m0/s1. The minimum atomic E-state index is 0.0645. The van der Waals surface area contributed by atoms with Crippen LogP contribution < -0.4 is 5.32 Å². The number of aromatic nitrogens is 2. The number of anilines is 1. The van der Waals surface area contributed by atoms with E-state index in [0.717, 1.165) is 30.7 Å². The molecule has 1 aromatic carbocycles. The molecule has 4 rings (SSSR count). The fourth-order valence-electron chi connectivity index (χ4n) is 3.57. The highest BCUT2D eigenvalue weighted by Gasteiger charge is 2.29. The zero-order valence-corrected chi connectivity index (χ0v) is 14.6. The number of fused-ring (bicyclic) bond motifs is 1. The van der Waals surface area contributed by atoms with Crippen molar-refractivity contribution in [1.82, 2.24) is 9.97 Å². The first-order valence-corrected chi connectivity index (χ1v) is 9.07. The van der Waals surface area contributed by atoms with Gasteiger partial charge in [-0.2, -0.15) is 0 Å². The summed E-state index contributed by atoms with van der Waals surface area (Å²) in [4.78, 5) is 21.4. The van der Waals surface area contributed by atoms with Crippen molar-refractivity contribution in [1.29, 1.82) is 0 Å². The second kappa shape index (κ2) is 7.10. The summed E-state index contributed by atoms with van der Waals surface area (Å²) in [6, 6.07) is 7.71. The highest BCUT2D eigenvalue weighted by Crippen LogP contribution is 2.35. The molecule has 0 saturated carbocycles. The second-order valence-electron chi connectivity index (χ2n) is 6.62.